The molecule has 0 unspecified atom stereocenters. The van der Waals surface area contributed by atoms with Crippen LogP contribution >= 0.6 is 0 Å². The average Bonchev–Trinajstić information content (AvgIpc) is 3.18. The zero-order chi connectivity index (χ0) is 22.7. The Labute approximate surface area is 180 Å². The molecule has 1 aromatic heterocycles. The lowest BCUT2D eigenvalue weighted by molar-refractivity contribution is 0.672. The highest BCUT2D eigenvalue weighted by molar-refractivity contribution is 6.14. The van der Waals surface area contributed by atoms with Crippen molar-refractivity contribution in [2.75, 3.05) is 0 Å². The topological polar surface area (TPSA) is 13.1 Å². The zero-order valence-electron chi connectivity index (χ0n) is 20.6. The van der Waals surface area contributed by atoms with Crippen LogP contribution in [0.2, 0.25) is 0 Å². The third-order valence-electron chi connectivity index (χ3n) is 3.27. The molecule has 0 aliphatic carbocycles. The predicted octanol–water partition coefficient (Wildman–Crippen LogP) is 10.7. The van der Waals surface area contributed by atoms with Gasteiger partial charge in [0.1, 0.15) is 11.2 Å². The summed E-state index contributed by atoms with van der Waals surface area (Å²) in [6.07, 6.45) is 2.50. The van der Waals surface area contributed by atoms with E-state index in [2.05, 4.69) is 70.2 Å². The van der Waals surface area contributed by atoms with E-state index in [1.807, 2.05) is 59.7 Å². The summed E-state index contributed by atoms with van der Waals surface area (Å²) in [5.74, 6) is 0. The first-order valence-corrected chi connectivity index (χ1v) is 11.6. The van der Waals surface area contributed by atoms with E-state index in [-0.39, 0.29) is 0 Å². The summed E-state index contributed by atoms with van der Waals surface area (Å²) in [6, 6.07) is 20.8. The van der Waals surface area contributed by atoms with E-state index in [9.17, 15) is 0 Å². The zero-order valence-corrected chi connectivity index (χ0v) is 20.6. The molecule has 0 aliphatic rings. The molecule has 4 rings (SSSR count). The Morgan fingerprint density at radius 3 is 1.52 bits per heavy atom. The summed E-state index contributed by atoms with van der Waals surface area (Å²) in [6.45, 7) is 20.5. The van der Waals surface area contributed by atoms with Gasteiger partial charge in [-0.25, -0.2) is 0 Å². The fourth-order valence-electron chi connectivity index (χ4n) is 2.45. The minimum absolute atomic E-state index is 0.957. The predicted molar refractivity (Wildman–Crippen MR) is 137 cm³/mol. The molecule has 0 bridgehead atoms. The molecular formula is C28H44O. The van der Waals surface area contributed by atoms with E-state index in [0.717, 1.165) is 11.2 Å². The quantitative estimate of drug-likeness (QED) is 0.288. The van der Waals surface area contributed by atoms with Gasteiger partial charge in [-0.1, -0.05) is 131 Å². The van der Waals surface area contributed by atoms with Crippen molar-refractivity contribution in [3.63, 3.8) is 0 Å². The van der Waals surface area contributed by atoms with Crippen LogP contribution in [0.25, 0.3) is 32.7 Å². The van der Waals surface area contributed by atoms with Gasteiger partial charge in [0.05, 0.1) is 0 Å². The van der Waals surface area contributed by atoms with Gasteiger partial charge in [0.15, 0.2) is 0 Å². The summed E-state index contributed by atoms with van der Waals surface area (Å²) in [5, 5.41) is 4.79. The van der Waals surface area contributed by atoms with E-state index in [0.29, 0.717) is 0 Å². The van der Waals surface area contributed by atoms with Crippen LogP contribution in [0.5, 0.6) is 0 Å². The second kappa shape index (κ2) is 19.1. The number of benzene rings is 3. The van der Waals surface area contributed by atoms with Crippen molar-refractivity contribution in [1.29, 1.82) is 0 Å². The minimum Gasteiger partial charge on any atom is -0.455 e. The van der Waals surface area contributed by atoms with Crippen molar-refractivity contribution in [2.45, 2.75) is 82.1 Å². The molecule has 162 valence electrons. The minimum atomic E-state index is 0.957. The van der Waals surface area contributed by atoms with Gasteiger partial charge >= 0.3 is 0 Å². The van der Waals surface area contributed by atoms with Gasteiger partial charge in [0.2, 0.25) is 0 Å². The van der Waals surface area contributed by atoms with Gasteiger partial charge in [0.25, 0.3) is 0 Å². The van der Waals surface area contributed by atoms with Gasteiger partial charge in [-0.2, -0.15) is 0 Å². The van der Waals surface area contributed by atoms with Gasteiger partial charge in [-0.3, -0.25) is 0 Å². The van der Waals surface area contributed by atoms with Crippen molar-refractivity contribution < 1.29 is 4.42 Å². The van der Waals surface area contributed by atoms with Crippen molar-refractivity contribution in [3.05, 3.63) is 60.7 Å². The molecule has 0 aliphatic heterocycles. The maximum atomic E-state index is 5.97. The first-order valence-electron chi connectivity index (χ1n) is 11.6. The highest BCUT2D eigenvalue weighted by atomic mass is 16.3. The van der Waals surface area contributed by atoms with Gasteiger partial charge in [-0.05, 0) is 17.5 Å². The maximum Gasteiger partial charge on any atom is 0.143 e. The lowest BCUT2D eigenvalue weighted by atomic mass is 10.1. The fraction of sp³-hybridized carbons (Fsp3) is 0.429. The SMILES string of the molecule is CC.CC.CC.CCC.CCC.c1ccc2c(c1)ccc1c3ccccc3oc21. The van der Waals surface area contributed by atoms with E-state index in [1.54, 1.807) is 0 Å². The molecule has 0 amide bonds. The number of rotatable bonds is 0. The smallest absolute Gasteiger partial charge is 0.143 e. The Balaban J connectivity index is 0. The Morgan fingerprint density at radius 1 is 0.517 bits per heavy atom. The van der Waals surface area contributed by atoms with Crippen molar-refractivity contribution in [3.8, 4) is 0 Å². The standard InChI is InChI=1S/C16H10O.2C3H8.3C2H6/c1-2-6-12-11(5-1)9-10-14-13-7-3-4-8-15(13)17-16(12)14;2*1-3-2;3*1-2/h1-10H;2*3H2,1-2H3;3*1-2H3. The lowest BCUT2D eigenvalue weighted by Crippen LogP contribution is -1.72. The highest BCUT2D eigenvalue weighted by Gasteiger charge is 2.08. The monoisotopic (exact) mass is 396 g/mol. The molecule has 1 heteroatoms. The Kier molecular flexibility index (Phi) is 19.0. The molecular weight excluding hydrogens is 352 g/mol. The van der Waals surface area contributed by atoms with Crippen molar-refractivity contribution >= 4 is 32.7 Å². The van der Waals surface area contributed by atoms with E-state index < -0.39 is 0 Å². The second-order valence-electron chi connectivity index (χ2n) is 5.68. The molecule has 29 heavy (non-hydrogen) atoms. The van der Waals surface area contributed by atoms with E-state index in [4.69, 9.17) is 4.42 Å². The number of hydrogen-bond acceptors (Lipinski definition) is 1. The summed E-state index contributed by atoms with van der Waals surface area (Å²) in [4.78, 5) is 0. The third-order valence-corrected chi connectivity index (χ3v) is 3.27. The molecule has 0 atom stereocenters. The summed E-state index contributed by atoms with van der Waals surface area (Å²) in [5.41, 5.74) is 1.95. The molecule has 0 saturated carbocycles. The van der Waals surface area contributed by atoms with Crippen LogP contribution in [0, 0.1) is 0 Å². The molecule has 0 fully saturated rings. The molecule has 1 heterocycles. The van der Waals surface area contributed by atoms with Crippen LogP contribution in [-0.2, 0) is 0 Å². The van der Waals surface area contributed by atoms with Crippen LogP contribution in [0.1, 0.15) is 82.1 Å². The largest absolute Gasteiger partial charge is 0.455 e. The molecule has 1 nitrogen and oxygen atoms in total. The van der Waals surface area contributed by atoms with Gasteiger partial charge in [0, 0.05) is 16.2 Å². The Morgan fingerprint density at radius 2 is 0.966 bits per heavy atom. The number of para-hydroxylation sites is 1. The van der Waals surface area contributed by atoms with Crippen LogP contribution < -0.4 is 0 Å². The molecule has 0 radical (unpaired) electrons. The number of hydrogen-bond donors (Lipinski definition) is 0. The highest BCUT2D eigenvalue weighted by Crippen LogP contribution is 2.33. The number of furan rings is 1. The normalized spacial score (nSPS) is 8.62. The molecule has 3 aromatic carbocycles. The fourth-order valence-corrected chi connectivity index (χ4v) is 2.45. The Bertz CT molecular complexity index is 869. The van der Waals surface area contributed by atoms with Crippen LogP contribution in [0.4, 0.5) is 0 Å². The van der Waals surface area contributed by atoms with Crippen LogP contribution in [-0.4, -0.2) is 0 Å². The lowest BCUT2D eigenvalue weighted by Gasteiger charge is -1.97. The first kappa shape index (κ1) is 28.9. The van der Waals surface area contributed by atoms with Crippen LogP contribution in [0.3, 0.4) is 0 Å². The molecule has 4 aromatic rings. The van der Waals surface area contributed by atoms with E-state index in [1.165, 1.54) is 34.4 Å². The summed E-state index contributed by atoms with van der Waals surface area (Å²) in [7, 11) is 0. The van der Waals surface area contributed by atoms with Crippen molar-refractivity contribution in [1.82, 2.24) is 0 Å². The Hall–Kier alpha value is -2.28. The van der Waals surface area contributed by atoms with Crippen molar-refractivity contribution in [2.24, 2.45) is 0 Å². The molecule has 0 saturated heterocycles. The van der Waals surface area contributed by atoms with Gasteiger partial charge in [-0.15, -0.1) is 0 Å². The van der Waals surface area contributed by atoms with E-state index >= 15 is 0 Å². The first-order chi connectivity index (χ1) is 14.3. The average molecular weight is 397 g/mol. The summed E-state index contributed by atoms with van der Waals surface area (Å²) < 4.78 is 5.97. The molecule has 0 spiro atoms. The van der Waals surface area contributed by atoms with Crippen LogP contribution in [0.15, 0.2) is 65.1 Å². The maximum absolute atomic E-state index is 5.97. The number of fused-ring (bicyclic) bond motifs is 5. The third kappa shape index (κ3) is 8.73. The van der Waals surface area contributed by atoms with Gasteiger partial charge < -0.3 is 4.42 Å². The second-order valence-corrected chi connectivity index (χ2v) is 5.68. The summed E-state index contributed by atoms with van der Waals surface area (Å²) >= 11 is 0. The molecule has 0 N–H and O–H groups in total.